The number of rotatable bonds is 7. The fourth-order valence-electron chi connectivity index (χ4n) is 4.46. The Kier molecular flexibility index (Phi) is 11.6. The summed E-state index contributed by atoms with van der Waals surface area (Å²) in [6, 6.07) is 8.70. The summed E-state index contributed by atoms with van der Waals surface area (Å²) in [5, 5.41) is 13.2. The van der Waals surface area contributed by atoms with Crippen LogP contribution in [-0.2, 0) is 9.47 Å². The molecule has 0 aliphatic carbocycles. The highest BCUT2D eigenvalue weighted by Crippen LogP contribution is 2.20. The summed E-state index contributed by atoms with van der Waals surface area (Å²) in [6.45, 7) is 18.5. The van der Waals surface area contributed by atoms with Crippen molar-refractivity contribution >= 4 is 24.2 Å². The Bertz CT molecular complexity index is 895. The van der Waals surface area contributed by atoms with Crippen molar-refractivity contribution < 1.29 is 14.3 Å². The van der Waals surface area contributed by atoms with Crippen LogP contribution >= 0.6 is 0 Å². The van der Waals surface area contributed by atoms with Gasteiger partial charge < -0.3 is 35.2 Å². The van der Waals surface area contributed by atoms with Crippen molar-refractivity contribution in [2.45, 2.75) is 39.2 Å². The Balaban J connectivity index is 0.000000206. The lowest BCUT2D eigenvalue weighted by atomic mass is 10.0. The summed E-state index contributed by atoms with van der Waals surface area (Å²) in [4.78, 5) is 19.5. The largest absolute Gasteiger partial charge is 0.450 e. The molecule has 204 valence electrons. The number of carbonyl (C=O) groups excluding carboxylic acids is 1. The number of benzene rings is 1. The van der Waals surface area contributed by atoms with E-state index < -0.39 is 0 Å². The number of carbonyl (C=O) groups is 1. The van der Waals surface area contributed by atoms with Crippen LogP contribution in [-0.4, -0.2) is 83.0 Å². The Morgan fingerprint density at radius 2 is 1.95 bits per heavy atom. The van der Waals surface area contributed by atoms with Crippen LogP contribution in [0.25, 0.3) is 0 Å². The molecule has 3 saturated heterocycles. The molecule has 0 atom stereocenters. The molecule has 10 heteroatoms. The molecule has 0 saturated carbocycles. The first-order valence-corrected chi connectivity index (χ1v) is 13.2. The molecule has 0 unspecified atom stereocenters. The third kappa shape index (κ3) is 9.29. The molecule has 4 rings (SSSR count). The first-order chi connectivity index (χ1) is 18.0. The summed E-state index contributed by atoms with van der Waals surface area (Å²) in [5.41, 5.74) is 4.65. The van der Waals surface area contributed by atoms with E-state index in [4.69, 9.17) is 9.47 Å². The van der Waals surface area contributed by atoms with Crippen molar-refractivity contribution in [3.8, 4) is 0 Å². The van der Waals surface area contributed by atoms with E-state index in [0.29, 0.717) is 18.5 Å². The van der Waals surface area contributed by atoms with E-state index in [-0.39, 0.29) is 6.09 Å². The number of anilines is 2. The number of nitrogens with one attached hydrogen (secondary N) is 4. The molecule has 10 nitrogen and oxygen atoms in total. The second kappa shape index (κ2) is 15.1. The molecular formula is C27H43N7O3. The van der Waals surface area contributed by atoms with Crippen LogP contribution in [0.15, 0.2) is 53.1 Å². The molecule has 0 bridgehead atoms. The van der Waals surface area contributed by atoms with E-state index in [9.17, 15) is 4.79 Å². The molecule has 37 heavy (non-hydrogen) atoms. The van der Waals surface area contributed by atoms with Gasteiger partial charge in [0.15, 0.2) is 0 Å². The average Bonchev–Trinajstić information content (AvgIpc) is 3.33. The van der Waals surface area contributed by atoms with E-state index in [0.717, 1.165) is 77.6 Å². The van der Waals surface area contributed by atoms with E-state index in [1.54, 1.807) is 4.90 Å². The Hall–Kier alpha value is -3.24. The molecule has 3 fully saturated rings. The lowest BCUT2D eigenvalue weighted by Gasteiger charge is -2.32. The lowest BCUT2D eigenvalue weighted by molar-refractivity contribution is 0.0958. The molecule has 3 heterocycles. The topological polar surface area (TPSA) is 102 Å². The van der Waals surface area contributed by atoms with Crippen molar-refractivity contribution in [3.05, 3.63) is 48.1 Å². The molecule has 4 N–H and O–H groups in total. The maximum absolute atomic E-state index is 11.6. The van der Waals surface area contributed by atoms with Gasteiger partial charge in [-0.25, -0.2) is 9.79 Å². The molecule has 0 radical (unpaired) electrons. The van der Waals surface area contributed by atoms with Crippen LogP contribution in [0, 0.1) is 0 Å². The van der Waals surface area contributed by atoms with Gasteiger partial charge in [-0.3, -0.25) is 5.32 Å². The highest BCUT2D eigenvalue weighted by molar-refractivity contribution is 5.67. The molecule has 1 amide bonds. The predicted molar refractivity (Wildman–Crippen MR) is 150 cm³/mol. The van der Waals surface area contributed by atoms with Gasteiger partial charge in [0.2, 0.25) is 0 Å². The summed E-state index contributed by atoms with van der Waals surface area (Å²) in [5.74, 6) is 0.561. The molecule has 1 aromatic carbocycles. The number of allylic oxidation sites excluding steroid dienone is 1. The number of ether oxygens (including phenoxy) is 2. The van der Waals surface area contributed by atoms with Crippen LogP contribution in [0.1, 0.15) is 33.1 Å². The van der Waals surface area contributed by atoms with E-state index >= 15 is 0 Å². The van der Waals surface area contributed by atoms with Gasteiger partial charge in [-0.05, 0) is 64.1 Å². The highest BCUT2D eigenvalue weighted by Gasteiger charge is 2.24. The van der Waals surface area contributed by atoms with Gasteiger partial charge >= 0.3 is 6.09 Å². The monoisotopic (exact) mass is 513 g/mol. The number of likely N-dealkylation sites (tertiary alicyclic amines) is 1. The zero-order valence-electron chi connectivity index (χ0n) is 22.4. The maximum atomic E-state index is 11.6. The van der Waals surface area contributed by atoms with Crippen LogP contribution in [0.3, 0.4) is 0 Å². The minimum absolute atomic E-state index is 0.183. The average molecular weight is 514 g/mol. The van der Waals surface area contributed by atoms with Gasteiger partial charge in [0.05, 0.1) is 19.9 Å². The maximum Gasteiger partial charge on any atom is 0.409 e. The SMILES string of the molecule is C=NC(=C)Nc1ccc(N2CCCOCC2)cc1.CCOC(=O)N1CCC(N/C(C)=C2/CNCN2)CC1. The normalized spacial score (nSPS) is 19.5. The zero-order chi connectivity index (χ0) is 26.5. The van der Waals surface area contributed by atoms with Gasteiger partial charge in [-0.1, -0.05) is 6.58 Å². The summed E-state index contributed by atoms with van der Waals surface area (Å²) < 4.78 is 10.5. The summed E-state index contributed by atoms with van der Waals surface area (Å²) >= 11 is 0. The first-order valence-electron chi connectivity index (χ1n) is 13.2. The van der Waals surface area contributed by atoms with Gasteiger partial charge in [0, 0.05) is 68.1 Å². The fourth-order valence-corrected chi connectivity index (χ4v) is 4.46. The van der Waals surface area contributed by atoms with Crippen LogP contribution in [0.2, 0.25) is 0 Å². The Labute approximate surface area is 221 Å². The smallest absolute Gasteiger partial charge is 0.409 e. The number of nitrogens with zero attached hydrogens (tertiary/aromatic N) is 3. The molecule has 3 aliphatic heterocycles. The van der Waals surface area contributed by atoms with Gasteiger partial charge in [0.1, 0.15) is 5.82 Å². The molecule has 0 aromatic heterocycles. The van der Waals surface area contributed by atoms with Crippen molar-refractivity contribution in [3.63, 3.8) is 0 Å². The molecule has 3 aliphatic rings. The number of amides is 1. The summed E-state index contributed by atoms with van der Waals surface area (Å²) in [6.07, 6.45) is 2.84. The minimum Gasteiger partial charge on any atom is -0.450 e. The molecule has 1 aromatic rings. The summed E-state index contributed by atoms with van der Waals surface area (Å²) in [7, 11) is 0. The molecular weight excluding hydrogens is 470 g/mol. The van der Waals surface area contributed by atoms with Crippen LogP contribution in [0.4, 0.5) is 16.2 Å². The first kappa shape index (κ1) is 28.3. The third-order valence-electron chi connectivity index (χ3n) is 6.56. The number of aliphatic imine (C=N–C) groups is 1. The molecule has 0 spiro atoms. The second-order valence-corrected chi connectivity index (χ2v) is 9.22. The van der Waals surface area contributed by atoms with Crippen LogP contribution in [0.5, 0.6) is 0 Å². The van der Waals surface area contributed by atoms with Gasteiger partial charge in [-0.2, -0.15) is 0 Å². The van der Waals surface area contributed by atoms with Crippen molar-refractivity contribution in [1.29, 1.82) is 0 Å². The minimum atomic E-state index is -0.183. The quantitative estimate of drug-likeness (QED) is 0.413. The number of piperidine rings is 1. The number of hydrogen-bond acceptors (Lipinski definition) is 9. The Morgan fingerprint density at radius 3 is 2.59 bits per heavy atom. The van der Waals surface area contributed by atoms with E-state index in [1.807, 2.05) is 19.1 Å². The standard InChI is InChI=1S/C14H19N3O.C13H24N4O2/c1-12(15-2)16-13-4-6-14(7-5-13)17-8-3-10-18-11-9-17;1-3-19-13(18)17-6-4-11(5-7-17)16-10(2)12-8-14-9-15-12/h4-7,16H,1-3,8-11H2;11,14-16H,3-9H2,1-2H3/b;12-10-. The van der Waals surface area contributed by atoms with Crippen molar-refractivity contribution in [2.24, 2.45) is 4.99 Å². The van der Waals surface area contributed by atoms with Crippen molar-refractivity contribution in [1.82, 2.24) is 20.9 Å². The fraction of sp³-hybridized carbons (Fsp3) is 0.556. The van der Waals surface area contributed by atoms with Gasteiger partial charge in [-0.15, -0.1) is 0 Å². The third-order valence-corrected chi connectivity index (χ3v) is 6.56. The van der Waals surface area contributed by atoms with Gasteiger partial charge in [0.25, 0.3) is 0 Å². The lowest BCUT2D eigenvalue weighted by Crippen LogP contribution is -2.45. The van der Waals surface area contributed by atoms with Crippen molar-refractivity contribution in [2.75, 3.05) is 69.4 Å². The second-order valence-electron chi connectivity index (χ2n) is 9.22. The number of hydrogen-bond donors (Lipinski definition) is 4. The van der Waals surface area contributed by atoms with Crippen LogP contribution < -0.4 is 26.2 Å². The predicted octanol–water partition coefficient (Wildman–Crippen LogP) is 3.08. The Morgan fingerprint density at radius 1 is 1.19 bits per heavy atom. The highest BCUT2D eigenvalue weighted by atomic mass is 16.6. The van der Waals surface area contributed by atoms with E-state index in [2.05, 4.69) is 63.5 Å². The van der Waals surface area contributed by atoms with E-state index in [1.165, 1.54) is 17.1 Å². The zero-order valence-corrected chi connectivity index (χ0v) is 22.4.